The number of aryl methyl sites for hydroxylation is 1. The molecule has 0 nitrogen and oxygen atoms in total. The van der Waals surface area contributed by atoms with Crippen LogP contribution in [0.5, 0.6) is 0 Å². The first kappa shape index (κ1) is 182. The van der Waals surface area contributed by atoms with E-state index in [1.807, 2.05) is 198 Å². The van der Waals surface area contributed by atoms with Crippen LogP contribution in [0.15, 0.2) is 30.3 Å². The standard InChI is InChI=1S/C7H8.13C2H6.2C2H2.6CH4.B2.B/c1-7-5-3-2-4-6-7;15*1-2;;;;;;;1-2;/h2-6H,1H3;13*1-2H3;2*1-2H;6*1H4;;. The van der Waals surface area contributed by atoms with E-state index >= 15 is 0 Å². The molecule has 0 saturated carbocycles. The summed E-state index contributed by atoms with van der Waals surface area (Å²) in [6, 6.07) is 10.3. The summed E-state index contributed by atoms with van der Waals surface area (Å²) in [5.74, 6) is 0. The van der Waals surface area contributed by atoms with Crippen molar-refractivity contribution in [3.8, 4) is 25.7 Å². The fourth-order valence-electron chi connectivity index (χ4n) is 0.534. The minimum atomic E-state index is 0. The quantitative estimate of drug-likeness (QED) is 0.191. The molecule has 1 rings (SSSR count). The molecule has 0 aliphatic heterocycles. The molecule has 7 radical (unpaired) electrons. The number of terminal acetylenes is 2. The van der Waals surface area contributed by atoms with E-state index in [2.05, 4.69) is 60.2 Å². The zero-order valence-electron chi connectivity index (χ0n) is 34.4. The van der Waals surface area contributed by atoms with Crippen molar-refractivity contribution >= 4 is 23.9 Å². The number of rotatable bonds is 0. The second-order valence-electron chi connectivity index (χ2n) is 1.65. The van der Waals surface area contributed by atoms with Crippen LogP contribution in [0.1, 0.15) is 230 Å². The molecule has 0 saturated heterocycles. The zero-order valence-corrected chi connectivity index (χ0v) is 34.4. The van der Waals surface area contributed by atoms with Crippen molar-refractivity contribution < 1.29 is 0 Å². The van der Waals surface area contributed by atoms with Gasteiger partial charge in [0.25, 0.3) is 0 Å². The Morgan fingerprint density at radius 2 is 0.391 bits per heavy atom. The third kappa shape index (κ3) is 1720. The van der Waals surface area contributed by atoms with Crippen molar-refractivity contribution in [2.75, 3.05) is 0 Å². The maximum atomic E-state index is 4.00. The second-order valence-corrected chi connectivity index (χ2v) is 1.65. The van der Waals surface area contributed by atoms with Crippen molar-refractivity contribution in [2.45, 2.75) is 232 Å². The maximum Gasteiger partial charge on any atom is 0 e. The molecule has 1 aromatic carbocycles. The molecule has 0 heterocycles. The van der Waals surface area contributed by atoms with Crippen molar-refractivity contribution in [2.24, 2.45) is 0 Å². The van der Waals surface area contributed by atoms with Crippen LogP contribution in [0.3, 0.4) is 0 Å². The van der Waals surface area contributed by atoms with E-state index in [4.69, 9.17) is 0 Å². The Hall–Kier alpha value is -1.47. The zero-order chi connectivity index (χ0) is 37.1. The van der Waals surface area contributed by atoms with Gasteiger partial charge in [0.2, 0.25) is 0 Å². The molecule has 0 fully saturated rings. The van der Waals surface area contributed by atoms with E-state index in [1.165, 1.54) is 5.56 Å². The molecule has 0 aliphatic carbocycles. The monoisotopic (exact) mass is 664 g/mol. The average Bonchev–Trinajstić information content (AvgIpc) is 3.15. The van der Waals surface area contributed by atoms with Crippen LogP contribution in [0.2, 0.25) is 0 Å². The number of hydrogen-bond acceptors (Lipinski definition) is 0. The smallest absolute Gasteiger partial charge is 0 e. The molecular weight excluding hydrogens is 549 g/mol. The first-order chi connectivity index (χ1) is 19.4. The minimum absolute atomic E-state index is 0. The van der Waals surface area contributed by atoms with Crippen molar-refractivity contribution in [3.05, 3.63) is 35.9 Å². The molecule has 0 spiro atoms. The Balaban J connectivity index is -0.00000000595. The van der Waals surface area contributed by atoms with Gasteiger partial charge in [0.15, 0.2) is 0 Å². The average molecular weight is 664 g/mol. The molecule has 0 aliphatic rings. The van der Waals surface area contributed by atoms with Gasteiger partial charge in [-0.2, -0.15) is 0 Å². The van der Waals surface area contributed by atoms with E-state index in [-0.39, 0.29) is 53.0 Å². The summed E-state index contributed by atoms with van der Waals surface area (Å²) in [6.07, 6.45) is 16.0. The molecule has 0 bridgehead atoms. The van der Waals surface area contributed by atoms with Gasteiger partial charge in [-0.25, -0.2) is 0 Å². The lowest BCUT2D eigenvalue weighted by molar-refractivity contribution is 1.48. The fraction of sp³-hybridized carbons (Fsp3) is 0.767. The van der Waals surface area contributed by atoms with E-state index in [0.29, 0.717) is 0 Å². The Kier molecular flexibility index (Phi) is 7300. The van der Waals surface area contributed by atoms with Crippen LogP contribution in [0.25, 0.3) is 0 Å². The molecule has 46 heavy (non-hydrogen) atoms. The lowest BCUT2D eigenvalue weighted by atomic mass is 9.81. The summed E-state index contributed by atoms with van der Waals surface area (Å²) in [7, 11) is 8.00. The summed E-state index contributed by atoms with van der Waals surface area (Å²) in [5.41, 5.74) is 1.32. The molecular formula is C43H114B3. The first-order valence-electron chi connectivity index (χ1n) is 16.4. The van der Waals surface area contributed by atoms with Crippen LogP contribution < -0.4 is 0 Å². The van der Waals surface area contributed by atoms with Crippen LogP contribution in [0, 0.1) is 32.6 Å². The Morgan fingerprint density at radius 3 is 0.435 bits per heavy atom. The highest BCUT2D eigenvalue weighted by molar-refractivity contribution is 6.75. The predicted molar refractivity (Wildman–Crippen MR) is 256 cm³/mol. The molecule has 0 N–H and O–H groups in total. The third-order valence-electron chi connectivity index (χ3n) is 0.940. The highest BCUT2D eigenvalue weighted by Gasteiger charge is 1.72. The summed E-state index contributed by atoms with van der Waals surface area (Å²) < 4.78 is 0. The molecule has 0 atom stereocenters. The van der Waals surface area contributed by atoms with Gasteiger partial charge in [-0.3, -0.25) is 0 Å². The van der Waals surface area contributed by atoms with Gasteiger partial charge >= 0.3 is 0 Å². The van der Waals surface area contributed by atoms with Crippen molar-refractivity contribution in [1.29, 1.82) is 0 Å². The maximum absolute atomic E-state index is 4.00. The summed E-state index contributed by atoms with van der Waals surface area (Å²) in [4.78, 5) is 0. The summed E-state index contributed by atoms with van der Waals surface area (Å²) in [6.45, 7) is 54.1. The number of hydrogen-bond donors (Lipinski definition) is 0. The normalized spacial score (nSPS) is 3.20. The van der Waals surface area contributed by atoms with E-state index in [9.17, 15) is 0 Å². The Bertz CT molecular complexity index is 201. The second kappa shape index (κ2) is 1840. The van der Waals surface area contributed by atoms with Crippen LogP contribution in [-0.2, 0) is 0 Å². The van der Waals surface area contributed by atoms with Gasteiger partial charge in [0, 0.05) is 23.9 Å². The van der Waals surface area contributed by atoms with Gasteiger partial charge in [0.1, 0.15) is 0 Å². The predicted octanol–water partition coefficient (Wildman–Crippen LogP) is 18.5. The van der Waals surface area contributed by atoms with Crippen molar-refractivity contribution in [3.63, 3.8) is 0 Å². The van der Waals surface area contributed by atoms with Gasteiger partial charge in [0.05, 0.1) is 0 Å². The minimum Gasteiger partial charge on any atom is -0.124 e. The topological polar surface area (TPSA) is 0 Å². The summed E-state index contributed by atoms with van der Waals surface area (Å²) in [5, 5.41) is 0. The van der Waals surface area contributed by atoms with E-state index in [0.717, 1.165) is 0 Å². The van der Waals surface area contributed by atoms with Gasteiger partial charge < -0.3 is 0 Å². The van der Waals surface area contributed by atoms with Gasteiger partial charge in [-0.05, 0) is 6.92 Å². The highest BCUT2D eigenvalue weighted by atomic mass is 13.8. The highest BCUT2D eigenvalue weighted by Crippen LogP contribution is 1.92. The van der Waals surface area contributed by atoms with E-state index in [1.54, 1.807) is 0 Å². The van der Waals surface area contributed by atoms with Gasteiger partial charge in [-0.15, -0.1) is 25.7 Å². The van der Waals surface area contributed by atoms with Crippen LogP contribution in [-0.4, -0.2) is 23.9 Å². The molecule has 0 aromatic heterocycles. The van der Waals surface area contributed by atoms with Crippen LogP contribution >= 0.6 is 0 Å². The number of benzene rings is 1. The molecule has 3 heteroatoms. The van der Waals surface area contributed by atoms with Crippen molar-refractivity contribution in [1.82, 2.24) is 0 Å². The SMILES string of the molecule is C.C.C.C.C.C.C#C.C#C.CC.CC.CC.CC.CC.CC.CC.CC.CC.CC.CC.CC.CC.Cc1ccccc1.[B].[B][B]. The van der Waals surface area contributed by atoms with Crippen LogP contribution in [0.4, 0.5) is 0 Å². The van der Waals surface area contributed by atoms with Gasteiger partial charge in [-0.1, -0.05) is 260 Å². The molecule has 1 aromatic rings. The lowest BCUT2D eigenvalue weighted by Gasteiger charge is -1.82. The van der Waals surface area contributed by atoms with E-state index < -0.39 is 0 Å². The third-order valence-corrected chi connectivity index (χ3v) is 0.940. The lowest BCUT2D eigenvalue weighted by Crippen LogP contribution is -1.62. The largest absolute Gasteiger partial charge is 0.124 e. The Morgan fingerprint density at radius 1 is 0.304 bits per heavy atom. The summed E-state index contributed by atoms with van der Waals surface area (Å²) >= 11 is 0. The fourth-order valence-corrected chi connectivity index (χ4v) is 0.534. The Labute approximate surface area is 316 Å². The molecule has 295 valence electrons. The molecule has 0 amide bonds. The molecule has 0 unspecified atom stereocenters. The first-order valence-corrected chi connectivity index (χ1v) is 16.4.